The van der Waals surface area contributed by atoms with Crippen molar-refractivity contribution in [2.24, 2.45) is 11.8 Å². The fourth-order valence-corrected chi connectivity index (χ4v) is 2.96. The monoisotopic (exact) mass is 295 g/mol. The predicted octanol–water partition coefficient (Wildman–Crippen LogP) is 2.69. The van der Waals surface area contributed by atoms with Crippen molar-refractivity contribution in [1.29, 1.82) is 0 Å². The van der Waals surface area contributed by atoms with Gasteiger partial charge in [-0.1, -0.05) is 51.1 Å². The Morgan fingerprint density at radius 1 is 1.25 bits per heavy atom. The molecule has 0 aliphatic rings. The number of aliphatic hydroxyl groups excluding tert-OH is 1. The van der Waals surface area contributed by atoms with Crippen molar-refractivity contribution in [3.05, 3.63) is 35.9 Å². The Morgan fingerprint density at radius 3 is 2.45 bits per heavy atom. The SMILES string of the molecule is CC(CO)CNC(=O)C(SCc1ccccc1)C(C)C. The van der Waals surface area contributed by atoms with Crippen molar-refractivity contribution in [3.8, 4) is 0 Å². The number of aliphatic hydroxyl groups is 1. The summed E-state index contributed by atoms with van der Waals surface area (Å²) in [6, 6.07) is 10.2. The third kappa shape index (κ3) is 5.97. The van der Waals surface area contributed by atoms with Gasteiger partial charge in [0.2, 0.25) is 5.91 Å². The van der Waals surface area contributed by atoms with Gasteiger partial charge in [-0.2, -0.15) is 0 Å². The van der Waals surface area contributed by atoms with E-state index in [4.69, 9.17) is 5.11 Å². The molecule has 112 valence electrons. The van der Waals surface area contributed by atoms with E-state index in [0.29, 0.717) is 6.54 Å². The zero-order valence-corrected chi connectivity index (χ0v) is 13.3. The van der Waals surface area contributed by atoms with Gasteiger partial charge in [0.05, 0.1) is 5.25 Å². The van der Waals surface area contributed by atoms with Gasteiger partial charge in [0, 0.05) is 18.9 Å². The van der Waals surface area contributed by atoms with Crippen molar-refractivity contribution < 1.29 is 9.90 Å². The number of amides is 1. The van der Waals surface area contributed by atoms with E-state index in [1.807, 2.05) is 25.1 Å². The summed E-state index contributed by atoms with van der Waals surface area (Å²) in [6.45, 7) is 6.69. The number of hydrogen-bond donors (Lipinski definition) is 2. The molecule has 1 amide bonds. The highest BCUT2D eigenvalue weighted by atomic mass is 32.2. The predicted molar refractivity (Wildman–Crippen MR) is 85.6 cm³/mol. The van der Waals surface area contributed by atoms with E-state index in [9.17, 15) is 4.79 Å². The van der Waals surface area contributed by atoms with E-state index in [-0.39, 0.29) is 29.6 Å². The largest absolute Gasteiger partial charge is 0.396 e. The van der Waals surface area contributed by atoms with Crippen LogP contribution in [-0.2, 0) is 10.5 Å². The molecule has 0 saturated heterocycles. The molecule has 0 radical (unpaired) electrons. The fourth-order valence-electron chi connectivity index (χ4n) is 1.77. The summed E-state index contributed by atoms with van der Waals surface area (Å²) in [5.41, 5.74) is 1.24. The van der Waals surface area contributed by atoms with E-state index >= 15 is 0 Å². The Balaban J connectivity index is 2.49. The van der Waals surface area contributed by atoms with Crippen LogP contribution in [0.3, 0.4) is 0 Å². The highest BCUT2D eigenvalue weighted by molar-refractivity contribution is 7.99. The summed E-state index contributed by atoms with van der Waals surface area (Å²) in [5.74, 6) is 1.30. The smallest absolute Gasteiger partial charge is 0.233 e. The lowest BCUT2D eigenvalue weighted by Crippen LogP contribution is -2.38. The van der Waals surface area contributed by atoms with Crippen molar-refractivity contribution in [3.63, 3.8) is 0 Å². The molecule has 0 fully saturated rings. The Kier molecular flexibility index (Phi) is 7.70. The lowest BCUT2D eigenvalue weighted by Gasteiger charge is -2.21. The van der Waals surface area contributed by atoms with Gasteiger partial charge in [-0.25, -0.2) is 0 Å². The number of rotatable bonds is 8. The Hall–Kier alpha value is -1.00. The number of nitrogens with one attached hydrogen (secondary N) is 1. The second-order valence-electron chi connectivity index (χ2n) is 5.49. The molecule has 20 heavy (non-hydrogen) atoms. The average molecular weight is 295 g/mol. The summed E-state index contributed by atoms with van der Waals surface area (Å²) in [6.07, 6.45) is 0. The zero-order chi connectivity index (χ0) is 15.0. The molecule has 0 aromatic heterocycles. The van der Waals surface area contributed by atoms with E-state index in [2.05, 4.69) is 31.3 Å². The Labute approximate surface area is 126 Å². The number of carbonyl (C=O) groups is 1. The Bertz CT molecular complexity index is 395. The van der Waals surface area contributed by atoms with Crippen LogP contribution in [-0.4, -0.2) is 29.4 Å². The summed E-state index contributed by atoms with van der Waals surface area (Å²) in [7, 11) is 0. The molecule has 2 unspecified atom stereocenters. The third-order valence-corrected chi connectivity index (χ3v) is 4.69. The Morgan fingerprint density at radius 2 is 1.90 bits per heavy atom. The molecule has 1 aromatic rings. The van der Waals surface area contributed by atoms with Crippen molar-refractivity contribution >= 4 is 17.7 Å². The molecule has 0 saturated carbocycles. The minimum Gasteiger partial charge on any atom is -0.396 e. The van der Waals surface area contributed by atoms with Crippen LogP contribution in [0.5, 0.6) is 0 Å². The van der Waals surface area contributed by atoms with Crippen LogP contribution < -0.4 is 5.32 Å². The van der Waals surface area contributed by atoms with Crippen molar-refractivity contribution in [2.75, 3.05) is 13.2 Å². The third-order valence-electron chi connectivity index (χ3n) is 3.07. The number of thioether (sulfide) groups is 1. The maximum absolute atomic E-state index is 12.2. The first-order valence-electron chi connectivity index (χ1n) is 7.08. The van der Waals surface area contributed by atoms with Crippen LogP contribution in [0, 0.1) is 11.8 Å². The number of carbonyl (C=O) groups excluding carboxylic acids is 1. The molecule has 2 atom stereocenters. The first kappa shape index (κ1) is 17.1. The van der Waals surface area contributed by atoms with Crippen LogP contribution in [0.1, 0.15) is 26.3 Å². The van der Waals surface area contributed by atoms with Gasteiger partial charge in [0.15, 0.2) is 0 Å². The van der Waals surface area contributed by atoms with Crippen LogP contribution in [0.25, 0.3) is 0 Å². The zero-order valence-electron chi connectivity index (χ0n) is 12.5. The summed E-state index contributed by atoms with van der Waals surface area (Å²) in [4.78, 5) is 12.2. The normalized spacial score (nSPS) is 14.1. The van der Waals surface area contributed by atoms with Gasteiger partial charge in [-0.3, -0.25) is 4.79 Å². The van der Waals surface area contributed by atoms with Crippen molar-refractivity contribution in [2.45, 2.75) is 31.8 Å². The molecular formula is C16H25NO2S. The molecule has 0 aliphatic carbocycles. The first-order valence-corrected chi connectivity index (χ1v) is 8.13. The van der Waals surface area contributed by atoms with Gasteiger partial charge < -0.3 is 10.4 Å². The standard InChI is InChI=1S/C16H25NO2S/c1-12(2)15(16(19)17-9-13(3)10-18)20-11-14-7-5-4-6-8-14/h4-8,12-13,15,18H,9-11H2,1-3H3,(H,17,19). The van der Waals surface area contributed by atoms with Crippen LogP contribution in [0.15, 0.2) is 30.3 Å². The van der Waals surface area contributed by atoms with E-state index in [0.717, 1.165) is 5.75 Å². The second-order valence-corrected chi connectivity index (χ2v) is 6.62. The summed E-state index contributed by atoms with van der Waals surface area (Å²) in [5, 5.41) is 11.9. The van der Waals surface area contributed by atoms with Crippen molar-refractivity contribution in [1.82, 2.24) is 5.32 Å². The average Bonchev–Trinajstić information content (AvgIpc) is 2.45. The van der Waals surface area contributed by atoms with E-state index in [1.54, 1.807) is 11.8 Å². The fraction of sp³-hybridized carbons (Fsp3) is 0.562. The lowest BCUT2D eigenvalue weighted by atomic mass is 10.1. The van der Waals surface area contributed by atoms with Gasteiger partial charge in [-0.15, -0.1) is 11.8 Å². The highest BCUT2D eigenvalue weighted by Gasteiger charge is 2.22. The number of hydrogen-bond acceptors (Lipinski definition) is 3. The minimum atomic E-state index is -0.0545. The molecule has 0 bridgehead atoms. The molecule has 0 spiro atoms. The van der Waals surface area contributed by atoms with Crippen LogP contribution >= 0.6 is 11.8 Å². The van der Waals surface area contributed by atoms with E-state index in [1.165, 1.54) is 5.56 Å². The van der Waals surface area contributed by atoms with Gasteiger partial charge in [0.1, 0.15) is 0 Å². The maximum atomic E-state index is 12.2. The number of benzene rings is 1. The second kappa shape index (κ2) is 9.03. The maximum Gasteiger partial charge on any atom is 0.233 e. The van der Waals surface area contributed by atoms with E-state index < -0.39 is 0 Å². The van der Waals surface area contributed by atoms with Gasteiger partial charge in [0.25, 0.3) is 0 Å². The molecule has 1 rings (SSSR count). The molecule has 0 heterocycles. The van der Waals surface area contributed by atoms with Crippen LogP contribution in [0.2, 0.25) is 0 Å². The molecule has 2 N–H and O–H groups in total. The van der Waals surface area contributed by atoms with Gasteiger partial charge >= 0.3 is 0 Å². The summed E-state index contributed by atoms with van der Waals surface area (Å²) >= 11 is 1.68. The topological polar surface area (TPSA) is 49.3 Å². The quantitative estimate of drug-likeness (QED) is 0.775. The van der Waals surface area contributed by atoms with Gasteiger partial charge in [-0.05, 0) is 17.4 Å². The molecular weight excluding hydrogens is 270 g/mol. The lowest BCUT2D eigenvalue weighted by molar-refractivity contribution is -0.121. The minimum absolute atomic E-state index is 0.0545. The molecule has 0 aliphatic heterocycles. The molecule has 3 nitrogen and oxygen atoms in total. The van der Waals surface area contributed by atoms with Crippen LogP contribution in [0.4, 0.5) is 0 Å². The first-order chi connectivity index (χ1) is 9.54. The highest BCUT2D eigenvalue weighted by Crippen LogP contribution is 2.24. The summed E-state index contributed by atoms with van der Waals surface area (Å²) < 4.78 is 0. The molecule has 1 aromatic carbocycles. The molecule has 4 heteroatoms.